The molecule has 242 valence electrons. The second kappa shape index (κ2) is 13.7. The van der Waals surface area contributed by atoms with E-state index in [4.69, 9.17) is 13.4 Å². The van der Waals surface area contributed by atoms with Gasteiger partial charge in [0.25, 0.3) is 15.6 Å². The highest BCUT2D eigenvalue weighted by Crippen LogP contribution is 2.43. The molecule has 5 aromatic rings. The van der Waals surface area contributed by atoms with Gasteiger partial charge in [-0.2, -0.15) is 22.7 Å². The fourth-order valence-corrected chi connectivity index (χ4v) is 7.96. The van der Waals surface area contributed by atoms with Crippen molar-refractivity contribution in [1.29, 1.82) is 0 Å². The molecule has 2 aromatic carbocycles. The van der Waals surface area contributed by atoms with Crippen LogP contribution < -0.4 is 19.7 Å². The number of benzene rings is 2. The van der Waals surface area contributed by atoms with Crippen molar-refractivity contribution in [3.8, 4) is 26.6 Å². The predicted octanol–water partition coefficient (Wildman–Crippen LogP) is 5.57. The van der Waals surface area contributed by atoms with Crippen molar-refractivity contribution in [2.45, 2.75) is 26.3 Å². The number of oxazole rings is 1. The number of hydrogen-bond donors (Lipinski definition) is 1. The van der Waals surface area contributed by atoms with Crippen molar-refractivity contribution in [3.63, 3.8) is 0 Å². The van der Waals surface area contributed by atoms with Gasteiger partial charge >= 0.3 is 5.89 Å². The Labute approximate surface area is 275 Å². The molecule has 0 aliphatic carbocycles. The van der Waals surface area contributed by atoms with Crippen molar-refractivity contribution >= 4 is 65.8 Å². The summed E-state index contributed by atoms with van der Waals surface area (Å²) >= 11 is 3.21. The third-order valence-electron chi connectivity index (χ3n) is 7.20. The van der Waals surface area contributed by atoms with Crippen LogP contribution in [0.3, 0.4) is 0 Å². The molecule has 3 aromatic heterocycles. The van der Waals surface area contributed by atoms with Gasteiger partial charge < -0.3 is 18.6 Å². The number of ether oxygens (including phenoxy) is 1. The van der Waals surface area contributed by atoms with Crippen molar-refractivity contribution < 1.29 is 39.4 Å². The van der Waals surface area contributed by atoms with Gasteiger partial charge in [-0.25, -0.2) is 8.42 Å². The smallest absolute Gasteiger partial charge is 0.379 e. The van der Waals surface area contributed by atoms with E-state index in [1.165, 1.54) is 0 Å². The van der Waals surface area contributed by atoms with Crippen LogP contribution in [0.15, 0.2) is 81.7 Å². The van der Waals surface area contributed by atoms with Crippen molar-refractivity contribution in [2.24, 2.45) is 0 Å². The molecule has 1 aliphatic rings. The van der Waals surface area contributed by atoms with Gasteiger partial charge in [-0.3, -0.25) is 0 Å². The average molecular weight is 702 g/mol. The third-order valence-corrected chi connectivity index (χ3v) is 11.0. The minimum absolute atomic E-state index is 0.0865. The molecule has 0 fully saturated rings. The lowest BCUT2D eigenvalue weighted by atomic mass is 10.1. The Morgan fingerprint density at radius 2 is 1.67 bits per heavy atom. The number of thiophene rings is 2. The van der Waals surface area contributed by atoms with Gasteiger partial charge in [0.15, 0.2) is 12.3 Å². The Bertz CT molecular complexity index is 2070. The Hall–Kier alpha value is -3.57. The van der Waals surface area contributed by atoms with Crippen LogP contribution in [0.25, 0.3) is 38.1 Å². The first-order valence-electron chi connectivity index (χ1n) is 14.5. The second-order valence-electron chi connectivity index (χ2n) is 10.5. The van der Waals surface area contributed by atoms with Gasteiger partial charge in [0.1, 0.15) is 6.08 Å². The van der Waals surface area contributed by atoms with Crippen LogP contribution in [0.2, 0.25) is 0 Å². The number of anilines is 1. The molecule has 1 aliphatic heterocycles. The SMILES string of the molecule is CCNOS(=O)(=O)CCCN1C(=Cc2oc3ccc(-c4cccs4)cc3[n+]2CCCS(=O)(=O)[O-])Oc2ccc(-c3cccs3)cc21. The van der Waals surface area contributed by atoms with E-state index in [0.717, 1.165) is 32.1 Å². The number of fused-ring (bicyclic) bond motifs is 2. The fraction of sp³-hybridized carbons (Fsp3) is 0.258. The van der Waals surface area contributed by atoms with Crippen LogP contribution in [-0.4, -0.2) is 46.0 Å². The van der Waals surface area contributed by atoms with E-state index in [-0.39, 0.29) is 25.1 Å². The maximum absolute atomic E-state index is 12.4. The molecule has 0 bridgehead atoms. The summed E-state index contributed by atoms with van der Waals surface area (Å²) in [6.45, 7) is 2.58. The summed E-state index contributed by atoms with van der Waals surface area (Å²) in [7, 11) is -8.20. The fourth-order valence-electron chi connectivity index (χ4n) is 5.17. The van der Waals surface area contributed by atoms with Crippen LogP contribution in [0.5, 0.6) is 5.75 Å². The monoisotopic (exact) mass is 701 g/mol. The lowest BCUT2D eigenvalue weighted by molar-refractivity contribution is -0.677. The number of nitrogens with zero attached hydrogens (tertiary/aromatic N) is 2. The largest absolute Gasteiger partial charge is 0.748 e. The molecule has 0 spiro atoms. The number of nitrogens with one attached hydrogen (secondary N) is 1. The van der Waals surface area contributed by atoms with E-state index in [2.05, 4.69) is 5.48 Å². The summed E-state index contributed by atoms with van der Waals surface area (Å²) in [5, 5.41) is 3.99. The highest BCUT2D eigenvalue weighted by molar-refractivity contribution is 7.86. The quantitative estimate of drug-likeness (QED) is 0.0887. The van der Waals surface area contributed by atoms with Gasteiger partial charge in [0, 0.05) is 41.1 Å². The normalized spacial score (nSPS) is 14.3. The molecule has 0 amide bonds. The molecule has 0 radical (unpaired) electrons. The molecule has 11 nitrogen and oxygen atoms in total. The van der Waals surface area contributed by atoms with E-state index in [0.29, 0.717) is 36.2 Å². The van der Waals surface area contributed by atoms with Gasteiger partial charge in [-0.05, 0) is 70.8 Å². The van der Waals surface area contributed by atoms with Crippen molar-refractivity contribution in [2.75, 3.05) is 29.5 Å². The van der Waals surface area contributed by atoms with Gasteiger partial charge in [-0.1, -0.05) is 19.1 Å². The van der Waals surface area contributed by atoms with Crippen LogP contribution >= 0.6 is 22.7 Å². The molecule has 6 rings (SSSR count). The maximum Gasteiger partial charge on any atom is 0.379 e. The molecule has 0 unspecified atom stereocenters. The van der Waals surface area contributed by atoms with Crippen molar-refractivity contribution in [3.05, 3.63) is 83.2 Å². The molecular formula is C31H31N3O8S4. The van der Waals surface area contributed by atoms with E-state index < -0.39 is 26.0 Å². The first-order valence-corrected chi connectivity index (χ1v) is 19.4. The van der Waals surface area contributed by atoms with Crippen LogP contribution in [-0.2, 0) is 31.1 Å². The van der Waals surface area contributed by atoms with Gasteiger partial charge in [0.05, 0.1) is 21.6 Å². The molecule has 46 heavy (non-hydrogen) atoms. The zero-order chi connectivity index (χ0) is 32.3. The van der Waals surface area contributed by atoms with E-state index in [9.17, 15) is 21.4 Å². The van der Waals surface area contributed by atoms with Crippen LogP contribution in [0, 0.1) is 0 Å². The predicted molar refractivity (Wildman–Crippen MR) is 178 cm³/mol. The zero-order valence-corrected chi connectivity index (χ0v) is 28.0. The lowest BCUT2D eigenvalue weighted by Gasteiger charge is -2.18. The Kier molecular flexibility index (Phi) is 9.61. The topological polar surface area (TPSA) is 142 Å². The summed E-state index contributed by atoms with van der Waals surface area (Å²) in [4.78, 5) is 4.03. The average Bonchev–Trinajstić information content (AvgIpc) is 3.83. The maximum atomic E-state index is 12.4. The number of hydroxylamine groups is 1. The third kappa shape index (κ3) is 7.52. The molecule has 0 saturated heterocycles. The van der Waals surface area contributed by atoms with E-state index >= 15 is 0 Å². The molecular weight excluding hydrogens is 671 g/mol. The van der Waals surface area contributed by atoms with Gasteiger partial charge in [-0.15, -0.1) is 22.7 Å². The molecule has 0 atom stereocenters. The minimum Gasteiger partial charge on any atom is -0.748 e. The Balaban J connectivity index is 1.38. The van der Waals surface area contributed by atoms with Crippen molar-refractivity contribution in [1.82, 2.24) is 5.48 Å². The van der Waals surface area contributed by atoms with E-state index in [1.807, 2.05) is 80.9 Å². The standard InChI is InChI=1S/C31H31N3O8S4/c1-2-32-42-46(38,39)18-6-14-34-25-20-23(29-8-4-16-44-29)10-12-27(25)41-31(34)21-30-33(13-5-17-45(35,36)37)24-19-22(9-11-26(24)40-30)28-7-3-15-43-28/h3-4,7-12,15-16,19-21,32H,2,5-6,13-14,17-18H2,1H3. The summed E-state index contributed by atoms with van der Waals surface area (Å²) in [5.41, 5.74) is 6.43. The second-order valence-corrected chi connectivity index (χ2v) is 15.6. The first-order chi connectivity index (χ1) is 22.1. The molecule has 1 N–H and O–H groups in total. The summed E-state index contributed by atoms with van der Waals surface area (Å²) < 4.78 is 78.3. The summed E-state index contributed by atoms with van der Waals surface area (Å²) in [6, 6.07) is 19.6. The molecule has 0 saturated carbocycles. The number of aromatic nitrogens is 1. The number of hydrogen-bond acceptors (Lipinski definition) is 12. The highest BCUT2D eigenvalue weighted by atomic mass is 32.2. The van der Waals surface area contributed by atoms with E-state index in [1.54, 1.807) is 35.7 Å². The van der Waals surface area contributed by atoms with Crippen LogP contribution in [0.1, 0.15) is 25.7 Å². The lowest BCUT2D eigenvalue weighted by Crippen LogP contribution is -2.36. The minimum atomic E-state index is -4.41. The first kappa shape index (κ1) is 32.4. The zero-order valence-electron chi connectivity index (χ0n) is 24.7. The molecule has 15 heteroatoms. The summed E-state index contributed by atoms with van der Waals surface area (Å²) in [5.74, 6) is 0.653. The molecule has 4 heterocycles. The summed E-state index contributed by atoms with van der Waals surface area (Å²) in [6.07, 6.45) is 2.04. The number of rotatable bonds is 14. The Morgan fingerprint density at radius 3 is 2.35 bits per heavy atom. The number of aryl methyl sites for hydroxylation is 1. The Morgan fingerprint density at radius 1 is 0.957 bits per heavy atom. The highest BCUT2D eigenvalue weighted by Gasteiger charge is 2.31. The van der Waals surface area contributed by atoms with Gasteiger partial charge in [0.2, 0.25) is 11.5 Å². The van der Waals surface area contributed by atoms with Crippen LogP contribution in [0.4, 0.5) is 5.69 Å².